The highest BCUT2D eigenvalue weighted by Gasteiger charge is 2.20. The summed E-state index contributed by atoms with van der Waals surface area (Å²) in [5, 5.41) is 2.31. The molecule has 1 aromatic rings. The average molecular weight is 418 g/mol. The highest BCUT2D eigenvalue weighted by Crippen LogP contribution is 2.21. The van der Waals surface area contributed by atoms with Gasteiger partial charge in [0.15, 0.2) is 0 Å². The van der Waals surface area contributed by atoms with Crippen LogP contribution in [-0.2, 0) is 20.0 Å². The number of hydrogen-bond donors (Lipinski definition) is 3. The Labute approximate surface area is 155 Å². The van der Waals surface area contributed by atoms with Gasteiger partial charge in [-0.05, 0) is 45.5 Å². The molecule has 0 amide bonds. The minimum atomic E-state index is -3.88. The van der Waals surface area contributed by atoms with Crippen molar-refractivity contribution in [1.82, 2.24) is 10.0 Å². The van der Waals surface area contributed by atoms with Crippen molar-refractivity contribution in [3.8, 4) is 0 Å². The van der Waals surface area contributed by atoms with E-state index in [-0.39, 0.29) is 35.6 Å². The Morgan fingerprint density at radius 2 is 1.72 bits per heavy atom. The van der Waals surface area contributed by atoms with Gasteiger partial charge in [0.1, 0.15) is 5.82 Å². The molecule has 1 aromatic carbocycles. The Morgan fingerprint density at radius 1 is 1.12 bits per heavy atom. The number of anilines is 1. The van der Waals surface area contributed by atoms with E-state index in [1.165, 1.54) is 13.8 Å². The molecular weight excluding hydrogens is 393 g/mol. The van der Waals surface area contributed by atoms with Gasteiger partial charge in [-0.3, -0.25) is 4.72 Å². The fourth-order valence-corrected chi connectivity index (χ4v) is 3.61. The highest BCUT2D eigenvalue weighted by atomic mass is 35.5. The molecule has 0 bridgehead atoms. The van der Waals surface area contributed by atoms with Crippen molar-refractivity contribution in [2.24, 2.45) is 0 Å². The molecule has 0 aliphatic heterocycles. The number of benzene rings is 1. The molecule has 0 spiro atoms. The Morgan fingerprint density at radius 3 is 2.20 bits per heavy atom. The summed E-state index contributed by atoms with van der Waals surface area (Å²) in [5.74, 6) is -0.957. The number of hydrogen-bond acceptors (Lipinski definition) is 5. The Kier molecular flexibility index (Phi) is 9.31. The fraction of sp³-hybridized carbons (Fsp3) is 0.571. The summed E-state index contributed by atoms with van der Waals surface area (Å²) in [6.45, 7) is 7.47. The Balaban J connectivity index is 0.00000576. The topological polar surface area (TPSA) is 104 Å². The number of rotatable bonds is 9. The molecular formula is C14H25ClFN3O4S2. The lowest BCUT2D eigenvalue weighted by Crippen LogP contribution is -2.38. The first kappa shape index (κ1) is 24.1. The zero-order chi connectivity index (χ0) is 18.5. The van der Waals surface area contributed by atoms with Crippen LogP contribution < -0.4 is 14.8 Å². The van der Waals surface area contributed by atoms with E-state index in [1.54, 1.807) is 0 Å². The van der Waals surface area contributed by atoms with Crippen molar-refractivity contribution in [1.29, 1.82) is 0 Å². The molecule has 0 saturated carbocycles. The van der Waals surface area contributed by atoms with Gasteiger partial charge in [-0.1, -0.05) is 6.92 Å². The van der Waals surface area contributed by atoms with Crippen molar-refractivity contribution < 1.29 is 21.2 Å². The van der Waals surface area contributed by atoms with Gasteiger partial charge in [0, 0.05) is 12.6 Å². The summed E-state index contributed by atoms with van der Waals surface area (Å²) in [7, 11) is -7.59. The molecule has 0 unspecified atom stereocenters. The van der Waals surface area contributed by atoms with Crippen LogP contribution in [0.25, 0.3) is 0 Å². The second-order valence-corrected chi connectivity index (χ2v) is 9.65. The quantitative estimate of drug-likeness (QED) is 0.567. The number of likely N-dealkylation sites (N-methyl/N-ethyl adjacent to an activating group) is 1. The summed E-state index contributed by atoms with van der Waals surface area (Å²) in [6, 6.07) is 2.96. The fourth-order valence-electron chi connectivity index (χ4n) is 1.76. The van der Waals surface area contributed by atoms with Gasteiger partial charge in [-0.25, -0.2) is 25.9 Å². The lowest BCUT2D eigenvalue weighted by Gasteiger charge is -2.15. The number of sulfonamides is 2. The molecule has 0 aliphatic carbocycles. The van der Waals surface area contributed by atoms with Crippen LogP contribution in [0.2, 0.25) is 0 Å². The largest absolute Gasteiger partial charge is 0.313 e. The lowest BCUT2D eigenvalue weighted by molar-refractivity contribution is 0.535. The third-order valence-corrected chi connectivity index (χ3v) is 6.42. The normalized spacial score (nSPS) is 13.4. The molecule has 0 aromatic heterocycles. The Hall–Kier alpha value is -0.940. The second-order valence-electron chi connectivity index (χ2n) is 5.65. The van der Waals surface area contributed by atoms with Crippen molar-refractivity contribution in [2.45, 2.75) is 43.9 Å². The summed E-state index contributed by atoms with van der Waals surface area (Å²) < 4.78 is 66.4. The molecule has 1 atom stereocenters. The minimum Gasteiger partial charge on any atom is -0.313 e. The van der Waals surface area contributed by atoms with Gasteiger partial charge in [0.25, 0.3) is 0 Å². The standard InChI is InChI=1S/C14H24FN3O4S2.ClH/c1-5-16-11(4)9-17-24(21,22)12-6-7-14(13(15)8-12)18-23(19,20)10(2)3;/h6-8,10-11,16-18H,5,9H2,1-4H3;1H/t11-;/m1./s1. The first-order valence-electron chi connectivity index (χ1n) is 7.53. The third-order valence-electron chi connectivity index (χ3n) is 3.26. The zero-order valence-corrected chi connectivity index (χ0v) is 17.0. The van der Waals surface area contributed by atoms with Crippen LogP contribution in [0.5, 0.6) is 0 Å². The number of nitrogens with one attached hydrogen (secondary N) is 3. The van der Waals surface area contributed by atoms with E-state index in [9.17, 15) is 21.2 Å². The lowest BCUT2D eigenvalue weighted by atomic mass is 10.3. The number of halogens is 2. The van der Waals surface area contributed by atoms with Crippen LogP contribution in [0, 0.1) is 5.82 Å². The van der Waals surface area contributed by atoms with Crippen molar-refractivity contribution in [2.75, 3.05) is 17.8 Å². The van der Waals surface area contributed by atoms with E-state index in [2.05, 4.69) is 14.8 Å². The molecule has 7 nitrogen and oxygen atoms in total. The van der Waals surface area contributed by atoms with E-state index < -0.39 is 31.1 Å². The van der Waals surface area contributed by atoms with Crippen LogP contribution in [0.3, 0.4) is 0 Å². The predicted molar refractivity (Wildman–Crippen MR) is 99.7 cm³/mol. The van der Waals surface area contributed by atoms with E-state index in [1.807, 2.05) is 13.8 Å². The van der Waals surface area contributed by atoms with Crippen molar-refractivity contribution in [3.63, 3.8) is 0 Å². The van der Waals surface area contributed by atoms with Gasteiger partial charge in [-0.2, -0.15) is 0 Å². The van der Waals surface area contributed by atoms with Crippen molar-refractivity contribution >= 4 is 38.1 Å². The molecule has 0 radical (unpaired) electrons. The predicted octanol–water partition coefficient (Wildman–Crippen LogP) is 1.67. The maximum absolute atomic E-state index is 14.1. The molecule has 0 heterocycles. The van der Waals surface area contributed by atoms with Crippen LogP contribution in [-0.4, -0.2) is 41.2 Å². The maximum atomic E-state index is 14.1. The van der Waals surface area contributed by atoms with Crippen LogP contribution in [0.4, 0.5) is 10.1 Å². The molecule has 11 heteroatoms. The van der Waals surface area contributed by atoms with Crippen molar-refractivity contribution in [3.05, 3.63) is 24.0 Å². The molecule has 0 fully saturated rings. The van der Waals surface area contributed by atoms with E-state index in [0.717, 1.165) is 18.2 Å². The monoisotopic (exact) mass is 417 g/mol. The third kappa shape index (κ3) is 7.06. The smallest absolute Gasteiger partial charge is 0.240 e. The summed E-state index contributed by atoms with van der Waals surface area (Å²) in [5.41, 5.74) is -0.288. The van der Waals surface area contributed by atoms with Gasteiger partial charge in [0.05, 0.1) is 15.8 Å². The molecule has 0 aliphatic rings. The summed E-state index contributed by atoms with van der Waals surface area (Å²) in [6.07, 6.45) is 0. The maximum Gasteiger partial charge on any atom is 0.240 e. The van der Waals surface area contributed by atoms with Gasteiger partial charge in [-0.15, -0.1) is 12.4 Å². The SMILES string of the molecule is CCN[C@H](C)CNS(=O)(=O)c1ccc(NS(=O)(=O)C(C)C)c(F)c1.Cl. The molecule has 25 heavy (non-hydrogen) atoms. The van der Waals surface area contributed by atoms with Gasteiger partial charge < -0.3 is 5.32 Å². The van der Waals surface area contributed by atoms with Crippen LogP contribution in [0.1, 0.15) is 27.7 Å². The van der Waals surface area contributed by atoms with E-state index in [0.29, 0.717) is 6.54 Å². The van der Waals surface area contributed by atoms with Gasteiger partial charge in [0.2, 0.25) is 20.0 Å². The average Bonchev–Trinajstić information content (AvgIpc) is 2.47. The Bertz CT molecular complexity index is 770. The van der Waals surface area contributed by atoms with Crippen LogP contribution in [0.15, 0.2) is 23.1 Å². The summed E-state index contributed by atoms with van der Waals surface area (Å²) >= 11 is 0. The summed E-state index contributed by atoms with van der Waals surface area (Å²) in [4.78, 5) is -0.267. The molecule has 0 saturated heterocycles. The molecule has 146 valence electrons. The first-order chi connectivity index (χ1) is 11.0. The molecule has 3 N–H and O–H groups in total. The zero-order valence-electron chi connectivity index (χ0n) is 14.5. The first-order valence-corrected chi connectivity index (χ1v) is 10.6. The van der Waals surface area contributed by atoms with Crippen LogP contribution >= 0.6 is 12.4 Å². The van der Waals surface area contributed by atoms with E-state index >= 15 is 0 Å². The highest BCUT2D eigenvalue weighted by molar-refractivity contribution is 7.93. The second kappa shape index (κ2) is 9.67. The molecule has 1 rings (SSSR count). The minimum absolute atomic E-state index is 0. The van der Waals surface area contributed by atoms with Gasteiger partial charge >= 0.3 is 0 Å². The van der Waals surface area contributed by atoms with E-state index in [4.69, 9.17) is 0 Å².